The smallest absolute Gasteiger partial charge is 0.279 e. The van der Waals surface area contributed by atoms with Crippen LogP contribution in [0.3, 0.4) is 0 Å². The van der Waals surface area contributed by atoms with Crippen LogP contribution in [0, 0.1) is 0 Å². The maximum atomic E-state index is 13.4. The number of amides is 1. The van der Waals surface area contributed by atoms with Crippen molar-refractivity contribution < 1.29 is 14.0 Å². The summed E-state index contributed by atoms with van der Waals surface area (Å²) in [5, 5.41) is 2.18. The molecule has 0 spiro atoms. The Kier molecular flexibility index (Phi) is 4.66. The van der Waals surface area contributed by atoms with Crippen LogP contribution >= 0.6 is 0 Å². The van der Waals surface area contributed by atoms with Gasteiger partial charge in [0.05, 0.1) is 5.69 Å². The molecule has 4 nitrogen and oxygen atoms in total. The number of H-pyrrole nitrogens is 1. The van der Waals surface area contributed by atoms with Crippen LogP contribution in [-0.2, 0) is 11.2 Å². The van der Waals surface area contributed by atoms with Crippen LogP contribution in [0.5, 0.6) is 0 Å². The molecule has 1 aromatic heterocycles. The van der Waals surface area contributed by atoms with Gasteiger partial charge in [-0.1, -0.05) is 30.3 Å². The number of aromatic nitrogens is 1. The Morgan fingerprint density at radius 3 is 2.57 bits per heavy atom. The van der Waals surface area contributed by atoms with Gasteiger partial charge in [0.15, 0.2) is 11.6 Å². The molecule has 2 aromatic rings. The number of aromatic amines is 1. The molecule has 0 aliphatic heterocycles. The molecular weight excluding hydrogens is 271 g/mol. The third-order valence-corrected chi connectivity index (χ3v) is 2.94. The van der Waals surface area contributed by atoms with E-state index >= 15 is 0 Å². The molecular formula is C16H15FN2O2. The molecule has 2 rings (SSSR count). The Balaban J connectivity index is 2.09. The number of halogens is 1. The molecule has 1 heterocycles. The van der Waals surface area contributed by atoms with Crippen LogP contribution in [0.4, 0.5) is 4.39 Å². The summed E-state index contributed by atoms with van der Waals surface area (Å²) in [6, 6.07) is 12.5. The van der Waals surface area contributed by atoms with Gasteiger partial charge in [0.25, 0.3) is 5.91 Å². The van der Waals surface area contributed by atoms with Crippen molar-refractivity contribution in [2.75, 3.05) is 7.05 Å². The highest BCUT2D eigenvalue weighted by molar-refractivity contribution is 5.97. The molecule has 0 fully saturated rings. The number of carbonyl (C=O) groups excluding carboxylic acids is 2. The summed E-state index contributed by atoms with van der Waals surface area (Å²) in [5.41, 5.74) is 1.66. The molecule has 0 saturated heterocycles. The van der Waals surface area contributed by atoms with Crippen LogP contribution in [0.25, 0.3) is 6.08 Å². The number of hydrogen-bond donors (Lipinski definition) is 2. The summed E-state index contributed by atoms with van der Waals surface area (Å²) in [5.74, 6) is -1.82. The Hall–Kier alpha value is -2.69. The highest BCUT2D eigenvalue weighted by atomic mass is 19.1. The lowest BCUT2D eigenvalue weighted by Crippen LogP contribution is -2.17. The topological polar surface area (TPSA) is 62.0 Å². The van der Waals surface area contributed by atoms with Crippen molar-refractivity contribution in [3.8, 4) is 0 Å². The van der Waals surface area contributed by atoms with Crippen LogP contribution in [0.2, 0.25) is 0 Å². The number of nitrogens with one attached hydrogen (secondary N) is 2. The van der Waals surface area contributed by atoms with Crippen molar-refractivity contribution >= 4 is 17.8 Å². The Labute approximate surface area is 121 Å². The van der Waals surface area contributed by atoms with Crippen molar-refractivity contribution in [3.63, 3.8) is 0 Å². The van der Waals surface area contributed by atoms with Gasteiger partial charge in [0.2, 0.25) is 0 Å². The van der Waals surface area contributed by atoms with E-state index in [2.05, 4.69) is 10.3 Å². The number of carbonyl (C=O) groups is 2. The lowest BCUT2D eigenvalue weighted by atomic mass is 10.1. The molecule has 0 saturated carbocycles. The highest BCUT2D eigenvalue weighted by Crippen LogP contribution is 2.11. The van der Waals surface area contributed by atoms with Crippen molar-refractivity contribution in [3.05, 3.63) is 65.2 Å². The van der Waals surface area contributed by atoms with E-state index in [0.717, 1.165) is 11.6 Å². The van der Waals surface area contributed by atoms with Gasteiger partial charge in [-0.05, 0) is 17.7 Å². The van der Waals surface area contributed by atoms with E-state index in [4.69, 9.17) is 0 Å². The minimum Gasteiger partial charge on any atom is -0.353 e. The minimum absolute atomic E-state index is 0.0961. The van der Waals surface area contributed by atoms with E-state index in [0.29, 0.717) is 11.4 Å². The summed E-state index contributed by atoms with van der Waals surface area (Å²) in [6.07, 6.45) is 1.32. The molecule has 2 N–H and O–H groups in total. The van der Waals surface area contributed by atoms with E-state index in [1.165, 1.54) is 7.05 Å². The first-order chi connectivity index (χ1) is 10.1. The van der Waals surface area contributed by atoms with Gasteiger partial charge in [-0.3, -0.25) is 9.59 Å². The highest BCUT2D eigenvalue weighted by Gasteiger charge is 2.10. The molecule has 0 aliphatic carbocycles. The van der Waals surface area contributed by atoms with E-state index in [-0.39, 0.29) is 12.2 Å². The summed E-state index contributed by atoms with van der Waals surface area (Å²) < 4.78 is 13.4. The largest absolute Gasteiger partial charge is 0.353 e. The predicted octanol–water partition coefficient (Wildman–Crippen LogP) is 2.50. The number of Topliss-reactive ketones (excluding diaryl/α,β-unsaturated/α-hetero) is 1. The molecule has 21 heavy (non-hydrogen) atoms. The molecule has 0 radical (unpaired) electrons. The molecule has 0 aliphatic rings. The van der Waals surface area contributed by atoms with E-state index in [1.54, 1.807) is 12.1 Å². The summed E-state index contributed by atoms with van der Waals surface area (Å²) in [7, 11) is 1.35. The third-order valence-electron chi connectivity index (χ3n) is 2.94. The van der Waals surface area contributed by atoms with Gasteiger partial charge in [-0.2, -0.15) is 0 Å². The van der Waals surface area contributed by atoms with Crippen LogP contribution < -0.4 is 5.32 Å². The number of likely N-dealkylation sites (N-methyl/N-ethyl adjacent to an activating group) is 1. The molecule has 1 amide bonds. The maximum Gasteiger partial charge on any atom is 0.279 e. The fourth-order valence-electron chi connectivity index (χ4n) is 1.86. The summed E-state index contributed by atoms with van der Waals surface area (Å²) >= 11 is 0. The first-order valence-corrected chi connectivity index (χ1v) is 6.45. The minimum atomic E-state index is -0.915. The first kappa shape index (κ1) is 14.7. The Bertz CT molecular complexity index is 675. The second-order valence-corrected chi connectivity index (χ2v) is 4.48. The zero-order valence-corrected chi connectivity index (χ0v) is 11.5. The van der Waals surface area contributed by atoms with Gasteiger partial charge in [0, 0.05) is 25.2 Å². The number of benzene rings is 1. The van der Waals surface area contributed by atoms with E-state index < -0.39 is 11.7 Å². The van der Waals surface area contributed by atoms with Crippen LogP contribution in [0.1, 0.15) is 21.7 Å². The van der Waals surface area contributed by atoms with E-state index in [9.17, 15) is 14.0 Å². The van der Waals surface area contributed by atoms with Gasteiger partial charge < -0.3 is 10.3 Å². The quantitative estimate of drug-likeness (QED) is 0.655. The van der Waals surface area contributed by atoms with Gasteiger partial charge >= 0.3 is 0 Å². The molecule has 1 aromatic carbocycles. The number of ketones is 1. The van der Waals surface area contributed by atoms with Crippen molar-refractivity contribution in [1.82, 2.24) is 10.3 Å². The zero-order chi connectivity index (χ0) is 15.2. The van der Waals surface area contributed by atoms with Crippen LogP contribution in [-0.4, -0.2) is 23.7 Å². The second-order valence-electron chi connectivity index (χ2n) is 4.48. The molecule has 0 unspecified atom stereocenters. The lowest BCUT2D eigenvalue weighted by molar-refractivity contribution is -0.118. The SMILES string of the molecule is CNC(=O)/C(F)=C\c1ccc(C(=O)Cc2ccccc2)[nH]1. The Morgan fingerprint density at radius 2 is 1.90 bits per heavy atom. The van der Waals surface area contributed by atoms with Crippen molar-refractivity contribution in [1.29, 1.82) is 0 Å². The normalized spacial score (nSPS) is 11.2. The standard InChI is InChI=1S/C16H15FN2O2/c1-18-16(21)13(17)10-12-7-8-14(19-12)15(20)9-11-5-3-2-4-6-11/h2-8,10,19H,9H2,1H3,(H,18,21)/b13-10+. The van der Waals surface area contributed by atoms with Gasteiger partial charge in [-0.25, -0.2) is 4.39 Å². The van der Waals surface area contributed by atoms with Crippen LogP contribution in [0.15, 0.2) is 48.3 Å². The van der Waals surface area contributed by atoms with Gasteiger partial charge in [0.1, 0.15) is 0 Å². The maximum absolute atomic E-state index is 13.4. The zero-order valence-electron chi connectivity index (χ0n) is 11.5. The molecule has 108 valence electrons. The predicted molar refractivity (Wildman–Crippen MR) is 78.4 cm³/mol. The average Bonchev–Trinajstić information content (AvgIpc) is 2.96. The monoisotopic (exact) mass is 286 g/mol. The fourth-order valence-corrected chi connectivity index (χ4v) is 1.86. The van der Waals surface area contributed by atoms with Gasteiger partial charge in [-0.15, -0.1) is 0 Å². The second kappa shape index (κ2) is 6.65. The average molecular weight is 286 g/mol. The summed E-state index contributed by atoms with van der Waals surface area (Å²) in [4.78, 5) is 25.9. The fraction of sp³-hybridized carbons (Fsp3) is 0.125. The first-order valence-electron chi connectivity index (χ1n) is 6.45. The number of rotatable bonds is 5. The Morgan fingerprint density at radius 1 is 1.19 bits per heavy atom. The lowest BCUT2D eigenvalue weighted by Gasteiger charge is -1.99. The molecule has 5 heteroatoms. The number of hydrogen-bond acceptors (Lipinski definition) is 2. The van der Waals surface area contributed by atoms with E-state index in [1.807, 2.05) is 30.3 Å². The third kappa shape index (κ3) is 3.89. The molecule has 0 bridgehead atoms. The van der Waals surface area contributed by atoms with Crippen molar-refractivity contribution in [2.24, 2.45) is 0 Å². The summed E-state index contributed by atoms with van der Waals surface area (Å²) in [6.45, 7) is 0. The van der Waals surface area contributed by atoms with Crippen molar-refractivity contribution in [2.45, 2.75) is 6.42 Å². The molecule has 0 atom stereocenters.